The summed E-state index contributed by atoms with van der Waals surface area (Å²) in [6.45, 7) is 5.02. The number of rotatable bonds is 7. The van der Waals surface area contributed by atoms with Gasteiger partial charge >= 0.3 is 12.0 Å². The first-order valence-electron chi connectivity index (χ1n) is 8.97. The SMILES string of the molecule is Cc1cc(C)c(OCC(=O)OCC(=O)Nc2nnc(-c3ccccc3)o2)c(C)c1. The average molecular weight is 395 g/mol. The number of hydrogen-bond acceptors (Lipinski definition) is 7. The summed E-state index contributed by atoms with van der Waals surface area (Å²) >= 11 is 0. The lowest BCUT2D eigenvalue weighted by Crippen LogP contribution is -2.24. The van der Waals surface area contributed by atoms with E-state index in [1.807, 2.05) is 51.1 Å². The van der Waals surface area contributed by atoms with Crippen molar-refractivity contribution < 1.29 is 23.5 Å². The Morgan fingerprint density at radius 1 is 1.00 bits per heavy atom. The van der Waals surface area contributed by atoms with E-state index in [9.17, 15) is 9.59 Å². The highest BCUT2D eigenvalue weighted by Crippen LogP contribution is 2.24. The predicted octanol–water partition coefficient (Wildman–Crippen LogP) is 3.22. The van der Waals surface area contributed by atoms with E-state index in [2.05, 4.69) is 15.5 Å². The molecule has 1 heterocycles. The van der Waals surface area contributed by atoms with Crippen molar-refractivity contribution in [1.29, 1.82) is 0 Å². The Balaban J connectivity index is 1.46. The molecule has 3 aromatic rings. The standard InChI is InChI=1S/C21H21N3O5/c1-13-9-14(2)19(15(3)10-13)28-12-18(26)27-11-17(25)22-21-24-23-20(29-21)16-7-5-4-6-8-16/h4-10H,11-12H2,1-3H3,(H,22,24,25). The zero-order valence-electron chi connectivity index (χ0n) is 16.4. The van der Waals surface area contributed by atoms with Gasteiger partial charge in [-0.15, -0.1) is 5.10 Å². The van der Waals surface area contributed by atoms with Crippen LogP contribution in [0.5, 0.6) is 5.75 Å². The highest BCUT2D eigenvalue weighted by atomic mass is 16.6. The fourth-order valence-corrected chi connectivity index (χ4v) is 2.84. The number of anilines is 1. The topological polar surface area (TPSA) is 104 Å². The van der Waals surface area contributed by atoms with Crippen molar-refractivity contribution in [2.45, 2.75) is 20.8 Å². The molecule has 2 aromatic carbocycles. The van der Waals surface area contributed by atoms with Gasteiger partial charge in [-0.25, -0.2) is 4.79 Å². The minimum atomic E-state index is -0.657. The molecule has 8 heteroatoms. The van der Waals surface area contributed by atoms with Crippen LogP contribution < -0.4 is 10.1 Å². The van der Waals surface area contributed by atoms with Gasteiger partial charge in [0.2, 0.25) is 5.89 Å². The van der Waals surface area contributed by atoms with Crippen LogP contribution in [-0.2, 0) is 14.3 Å². The van der Waals surface area contributed by atoms with Crippen molar-refractivity contribution in [1.82, 2.24) is 10.2 Å². The molecule has 0 fully saturated rings. The Morgan fingerprint density at radius 3 is 2.38 bits per heavy atom. The second-order valence-electron chi connectivity index (χ2n) is 6.50. The van der Waals surface area contributed by atoms with Crippen LogP contribution >= 0.6 is 0 Å². The van der Waals surface area contributed by atoms with Gasteiger partial charge in [0, 0.05) is 5.56 Å². The number of aromatic nitrogens is 2. The summed E-state index contributed by atoms with van der Waals surface area (Å²) in [6.07, 6.45) is 0. The lowest BCUT2D eigenvalue weighted by atomic mass is 10.1. The number of esters is 1. The summed E-state index contributed by atoms with van der Waals surface area (Å²) < 4.78 is 15.8. The molecule has 0 saturated carbocycles. The largest absolute Gasteiger partial charge is 0.481 e. The number of carbonyl (C=O) groups excluding carboxylic acids is 2. The quantitative estimate of drug-likeness (QED) is 0.613. The van der Waals surface area contributed by atoms with E-state index in [1.165, 1.54) is 0 Å². The van der Waals surface area contributed by atoms with Crippen molar-refractivity contribution in [3.05, 3.63) is 59.2 Å². The van der Waals surface area contributed by atoms with E-state index in [-0.39, 0.29) is 18.5 Å². The normalized spacial score (nSPS) is 10.4. The molecule has 29 heavy (non-hydrogen) atoms. The Morgan fingerprint density at radius 2 is 1.69 bits per heavy atom. The van der Waals surface area contributed by atoms with E-state index in [4.69, 9.17) is 13.9 Å². The lowest BCUT2D eigenvalue weighted by Gasteiger charge is -2.12. The maximum Gasteiger partial charge on any atom is 0.344 e. The minimum Gasteiger partial charge on any atom is -0.481 e. The number of benzene rings is 2. The Hall–Kier alpha value is -3.68. The molecule has 0 aliphatic rings. The van der Waals surface area contributed by atoms with Gasteiger partial charge in [-0.3, -0.25) is 10.1 Å². The van der Waals surface area contributed by atoms with Gasteiger partial charge in [-0.05, 0) is 44.0 Å². The molecule has 0 bridgehead atoms. The second kappa shape index (κ2) is 9.01. The van der Waals surface area contributed by atoms with Crippen LogP contribution in [0.25, 0.3) is 11.5 Å². The van der Waals surface area contributed by atoms with Crippen LogP contribution in [0.4, 0.5) is 6.01 Å². The summed E-state index contributed by atoms with van der Waals surface area (Å²) in [5.41, 5.74) is 3.70. The van der Waals surface area contributed by atoms with Crippen LogP contribution in [0.1, 0.15) is 16.7 Å². The fraction of sp³-hybridized carbons (Fsp3) is 0.238. The number of ether oxygens (including phenoxy) is 2. The molecule has 1 aromatic heterocycles. The molecule has 0 radical (unpaired) electrons. The van der Waals surface area contributed by atoms with E-state index in [0.717, 1.165) is 22.3 Å². The smallest absolute Gasteiger partial charge is 0.344 e. The van der Waals surface area contributed by atoms with Crippen molar-refractivity contribution >= 4 is 17.9 Å². The van der Waals surface area contributed by atoms with E-state index in [1.54, 1.807) is 12.1 Å². The fourth-order valence-electron chi connectivity index (χ4n) is 2.84. The number of carbonyl (C=O) groups is 2. The van der Waals surface area contributed by atoms with Gasteiger partial charge in [0.25, 0.3) is 5.91 Å². The summed E-state index contributed by atoms with van der Waals surface area (Å²) in [4.78, 5) is 23.8. The molecule has 0 aliphatic carbocycles. The molecule has 8 nitrogen and oxygen atoms in total. The van der Waals surface area contributed by atoms with Gasteiger partial charge in [-0.1, -0.05) is 41.0 Å². The van der Waals surface area contributed by atoms with Gasteiger partial charge in [0.1, 0.15) is 5.75 Å². The summed E-state index contributed by atoms with van der Waals surface area (Å²) in [5, 5.41) is 10.00. The first kappa shape index (κ1) is 20.1. The van der Waals surface area contributed by atoms with E-state index in [0.29, 0.717) is 5.75 Å². The number of amides is 1. The molecule has 1 N–H and O–H groups in total. The van der Waals surface area contributed by atoms with Crippen LogP contribution in [0.15, 0.2) is 46.9 Å². The van der Waals surface area contributed by atoms with Crippen LogP contribution in [-0.4, -0.2) is 35.3 Å². The minimum absolute atomic E-state index is 0.0768. The maximum absolute atomic E-state index is 11.9. The summed E-state index contributed by atoms with van der Waals surface area (Å²) in [5.74, 6) is -0.342. The zero-order chi connectivity index (χ0) is 20.8. The van der Waals surface area contributed by atoms with Crippen molar-refractivity contribution in [3.63, 3.8) is 0 Å². The van der Waals surface area contributed by atoms with E-state index >= 15 is 0 Å². The van der Waals surface area contributed by atoms with Crippen LogP contribution in [0.3, 0.4) is 0 Å². The Labute approximate surface area is 167 Å². The van der Waals surface area contributed by atoms with Crippen molar-refractivity contribution in [2.75, 3.05) is 18.5 Å². The monoisotopic (exact) mass is 395 g/mol. The predicted molar refractivity (Wildman–Crippen MR) is 105 cm³/mol. The number of nitrogens with one attached hydrogen (secondary N) is 1. The van der Waals surface area contributed by atoms with E-state index < -0.39 is 18.5 Å². The van der Waals surface area contributed by atoms with Gasteiger partial charge in [-0.2, -0.15) is 0 Å². The summed E-state index contributed by atoms with van der Waals surface area (Å²) in [7, 11) is 0. The highest BCUT2D eigenvalue weighted by Gasteiger charge is 2.14. The molecule has 1 amide bonds. The molecule has 0 atom stereocenters. The zero-order valence-corrected chi connectivity index (χ0v) is 16.4. The van der Waals surface area contributed by atoms with Crippen molar-refractivity contribution in [2.24, 2.45) is 0 Å². The molecular formula is C21H21N3O5. The van der Waals surface area contributed by atoms with Gasteiger partial charge in [0.05, 0.1) is 0 Å². The third kappa shape index (κ3) is 5.41. The molecule has 0 spiro atoms. The molecule has 0 saturated heterocycles. The number of nitrogens with zero attached hydrogens (tertiary/aromatic N) is 2. The molecule has 0 unspecified atom stereocenters. The van der Waals surface area contributed by atoms with Crippen LogP contribution in [0.2, 0.25) is 0 Å². The number of hydrogen-bond donors (Lipinski definition) is 1. The first-order chi connectivity index (χ1) is 13.9. The third-order valence-electron chi connectivity index (χ3n) is 4.00. The lowest BCUT2D eigenvalue weighted by molar-refractivity contribution is -0.149. The third-order valence-corrected chi connectivity index (χ3v) is 4.00. The highest BCUT2D eigenvalue weighted by molar-refractivity contribution is 5.91. The first-order valence-corrected chi connectivity index (χ1v) is 8.97. The van der Waals surface area contributed by atoms with Crippen molar-refractivity contribution in [3.8, 4) is 17.2 Å². The Bertz CT molecular complexity index is 991. The molecule has 3 rings (SSSR count). The molecular weight excluding hydrogens is 374 g/mol. The van der Waals surface area contributed by atoms with Gasteiger partial charge < -0.3 is 13.9 Å². The molecule has 150 valence electrons. The number of aryl methyl sites for hydroxylation is 3. The van der Waals surface area contributed by atoms with Crippen LogP contribution in [0, 0.1) is 20.8 Å². The average Bonchev–Trinajstić information content (AvgIpc) is 3.14. The molecule has 0 aliphatic heterocycles. The summed E-state index contributed by atoms with van der Waals surface area (Å²) in [6, 6.07) is 13.0. The second-order valence-corrected chi connectivity index (χ2v) is 6.50. The Kier molecular flexibility index (Phi) is 6.23. The maximum atomic E-state index is 11.9. The van der Waals surface area contributed by atoms with Gasteiger partial charge in [0.15, 0.2) is 13.2 Å².